The lowest BCUT2D eigenvalue weighted by Crippen LogP contribution is -2.17. The molecular weight excluding hydrogens is 398 g/mol. The number of nitrogens with zero attached hydrogens (tertiary/aromatic N) is 3. The lowest BCUT2D eigenvalue weighted by molar-refractivity contribution is 0.261. The van der Waals surface area contributed by atoms with Crippen molar-refractivity contribution in [2.75, 3.05) is 21.3 Å². The maximum Gasteiger partial charge on any atom is 0.241 e. The van der Waals surface area contributed by atoms with Gasteiger partial charge in [-0.05, 0) is 42.9 Å². The van der Waals surface area contributed by atoms with Gasteiger partial charge in [0.1, 0.15) is 0 Å². The molecule has 0 radical (unpaired) electrons. The van der Waals surface area contributed by atoms with Crippen LogP contribution in [-0.4, -0.2) is 36.3 Å². The van der Waals surface area contributed by atoms with Crippen molar-refractivity contribution in [2.24, 2.45) is 0 Å². The molecule has 26 heavy (non-hydrogen) atoms. The third-order valence-electron chi connectivity index (χ3n) is 3.88. The van der Waals surface area contributed by atoms with Crippen LogP contribution in [0.5, 0.6) is 11.5 Å². The minimum absolute atomic E-state index is 0.526. The first kappa shape index (κ1) is 18.4. The highest BCUT2D eigenvalue weighted by atomic mass is 79.9. The summed E-state index contributed by atoms with van der Waals surface area (Å²) in [5, 5.41) is 4.07. The summed E-state index contributed by atoms with van der Waals surface area (Å²) in [4.78, 5) is 6.60. The molecule has 0 unspecified atom stereocenters. The number of methoxy groups -OCH3 is 2. The Bertz CT molecular complexity index is 865. The second kappa shape index (κ2) is 8.33. The van der Waals surface area contributed by atoms with Gasteiger partial charge < -0.3 is 14.0 Å². The molecule has 1 aromatic heterocycles. The van der Waals surface area contributed by atoms with Gasteiger partial charge in [0, 0.05) is 16.6 Å². The van der Waals surface area contributed by atoms with Crippen molar-refractivity contribution < 1.29 is 14.0 Å². The standard InChI is InChI=1S/C19H20BrN3O3/c1-23(11-13-4-7-15(20)8-5-13)12-18-21-19(22-26-18)14-6-9-16(24-2)17(10-14)25-3/h4-10H,11-12H2,1-3H3. The Balaban J connectivity index is 1.68. The maximum absolute atomic E-state index is 5.39. The van der Waals surface area contributed by atoms with Gasteiger partial charge in [0.2, 0.25) is 11.7 Å². The Kier molecular flexibility index (Phi) is 5.90. The Morgan fingerprint density at radius 3 is 2.42 bits per heavy atom. The Hall–Kier alpha value is -2.38. The molecule has 0 fully saturated rings. The second-order valence-corrected chi connectivity index (χ2v) is 6.80. The molecule has 0 aliphatic heterocycles. The first-order valence-electron chi connectivity index (χ1n) is 8.07. The van der Waals surface area contributed by atoms with Crippen LogP contribution < -0.4 is 9.47 Å². The van der Waals surface area contributed by atoms with E-state index in [0.29, 0.717) is 29.8 Å². The molecule has 1 heterocycles. The lowest BCUT2D eigenvalue weighted by atomic mass is 10.2. The molecule has 0 atom stereocenters. The molecule has 6 nitrogen and oxygen atoms in total. The van der Waals surface area contributed by atoms with Crippen molar-refractivity contribution in [3.8, 4) is 22.9 Å². The van der Waals surface area contributed by atoms with E-state index in [-0.39, 0.29) is 0 Å². The van der Waals surface area contributed by atoms with E-state index in [1.165, 1.54) is 5.56 Å². The van der Waals surface area contributed by atoms with E-state index in [0.717, 1.165) is 16.6 Å². The van der Waals surface area contributed by atoms with Crippen molar-refractivity contribution >= 4 is 15.9 Å². The lowest BCUT2D eigenvalue weighted by Gasteiger charge is -2.14. The molecule has 3 aromatic rings. The molecule has 0 aliphatic carbocycles. The minimum atomic E-state index is 0.526. The van der Waals surface area contributed by atoms with Gasteiger partial charge in [-0.15, -0.1) is 0 Å². The van der Waals surface area contributed by atoms with E-state index in [9.17, 15) is 0 Å². The van der Waals surface area contributed by atoms with Gasteiger partial charge in [0.05, 0.1) is 20.8 Å². The van der Waals surface area contributed by atoms with Crippen LogP contribution in [0.1, 0.15) is 11.5 Å². The quantitative estimate of drug-likeness (QED) is 0.575. The van der Waals surface area contributed by atoms with Crippen LogP contribution in [0.15, 0.2) is 51.5 Å². The molecule has 0 aliphatic rings. The number of hydrogen-bond donors (Lipinski definition) is 0. The van der Waals surface area contributed by atoms with Crippen LogP contribution in [0.3, 0.4) is 0 Å². The number of aromatic nitrogens is 2. The van der Waals surface area contributed by atoms with Gasteiger partial charge in [0.15, 0.2) is 11.5 Å². The summed E-state index contributed by atoms with van der Waals surface area (Å²) in [5.41, 5.74) is 2.03. The number of halogens is 1. The summed E-state index contributed by atoms with van der Waals surface area (Å²) in [5.74, 6) is 2.38. The van der Waals surface area contributed by atoms with Crippen molar-refractivity contribution in [2.45, 2.75) is 13.1 Å². The summed E-state index contributed by atoms with van der Waals surface area (Å²) in [6.45, 7) is 1.36. The van der Waals surface area contributed by atoms with Gasteiger partial charge in [-0.2, -0.15) is 4.98 Å². The van der Waals surface area contributed by atoms with Crippen LogP contribution in [0, 0.1) is 0 Å². The third-order valence-corrected chi connectivity index (χ3v) is 4.41. The predicted molar refractivity (Wildman–Crippen MR) is 102 cm³/mol. The fourth-order valence-corrected chi connectivity index (χ4v) is 2.86. The van der Waals surface area contributed by atoms with Crippen molar-refractivity contribution in [3.63, 3.8) is 0 Å². The van der Waals surface area contributed by atoms with Gasteiger partial charge in [-0.3, -0.25) is 4.90 Å². The fourth-order valence-electron chi connectivity index (χ4n) is 2.60. The first-order valence-corrected chi connectivity index (χ1v) is 8.86. The predicted octanol–water partition coefficient (Wildman–Crippen LogP) is 4.15. The van der Waals surface area contributed by atoms with Gasteiger partial charge in [-0.25, -0.2) is 0 Å². The number of hydrogen-bond acceptors (Lipinski definition) is 6. The largest absolute Gasteiger partial charge is 0.493 e. The summed E-state index contributed by atoms with van der Waals surface area (Å²) in [6, 6.07) is 13.8. The zero-order chi connectivity index (χ0) is 18.5. The minimum Gasteiger partial charge on any atom is -0.493 e. The first-order chi connectivity index (χ1) is 12.6. The van der Waals surface area contributed by atoms with Crippen molar-refractivity contribution in [3.05, 3.63) is 58.4 Å². The molecular formula is C19H20BrN3O3. The smallest absolute Gasteiger partial charge is 0.241 e. The summed E-state index contributed by atoms with van der Waals surface area (Å²) >= 11 is 3.45. The van der Waals surface area contributed by atoms with E-state index >= 15 is 0 Å². The van der Waals surface area contributed by atoms with Crippen LogP contribution in [-0.2, 0) is 13.1 Å². The van der Waals surface area contributed by atoms with Crippen LogP contribution in [0.4, 0.5) is 0 Å². The monoisotopic (exact) mass is 417 g/mol. The van der Waals surface area contributed by atoms with Gasteiger partial charge in [-0.1, -0.05) is 33.2 Å². The molecule has 0 saturated carbocycles. The Morgan fingerprint density at radius 1 is 1.00 bits per heavy atom. The second-order valence-electron chi connectivity index (χ2n) is 5.88. The van der Waals surface area contributed by atoms with E-state index < -0.39 is 0 Å². The SMILES string of the molecule is COc1ccc(-c2noc(CN(C)Cc3ccc(Br)cc3)n2)cc1OC. The summed E-state index contributed by atoms with van der Waals surface area (Å²) in [6.07, 6.45) is 0. The van der Waals surface area contributed by atoms with Crippen molar-refractivity contribution in [1.82, 2.24) is 15.0 Å². The molecule has 0 bridgehead atoms. The van der Waals surface area contributed by atoms with Crippen molar-refractivity contribution in [1.29, 1.82) is 0 Å². The summed E-state index contributed by atoms with van der Waals surface area (Å²) < 4.78 is 17.0. The maximum atomic E-state index is 5.39. The molecule has 0 spiro atoms. The average Bonchev–Trinajstić information content (AvgIpc) is 3.11. The number of rotatable bonds is 7. The van der Waals surface area contributed by atoms with Gasteiger partial charge in [0.25, 0.3) is 0 Å². The molecule has 0 amide bonds. The number of benzene rings is 2. The van der Waals surface area contributed by atoms with Crippen LogP contribution in [0.25, 0.3) is 11.4 Å². The highest BCUT2D eigenvalue weighted by Crippen LogP contribution is 2.31. The Labute approximate surface area is 160 Å². The van der Waals surface area contributed by atoms with Crippen LogP contribution >= 0.6 is 15.9 Å². The van der Waals surface area contributed by atoms with E-state index in [1.807, 2.05) is 37.4 Å². The zero-order valence-electron chi connectivity index (χ0n) is 14.9. The van der Waals surface area contributed by atoms with Crippen LogP contribution in [0.2, 0.25) is 0 Å². The topological polar surface area (TPSA) is 60.6 Å². The Morgan fingerprint density at radius 2 is 1.73 bits per heavy atom. The summed E-state index contributed by atoms with van der Waals surface area (Å²) in [7, 11) is 5.22. The fraction of sp³-hybridized carbons (Fsp3) is 0.263. The highest BCUT2D eigenvalue weighted by molar-refractivity contribution is 9.10. The van der Waals surface area contributed by atoms with E-state index in [2.05, 4.69) is 43.1 Å². The van der Waals surface area contributed by atoms with E-state index in [4.69, 9.17) is 14.0 Å². The number of ether oxygens (including phenoxy) is 2. The molecule has 0 saturated heterocycles. The molecule has 0 N–H and O–H groups in total. The third kappa shape index (κ3) is 4.42. The van der Waals surface area contributed by atoms with Gasteiger partial charge >= 0.3 is 0 Å². The normalized spacial score (nSPS) is 11.0. The molecule has 2 aromatic carbocycles. The highest BCUT2D eigenvalue weighted by Gasteiger charge is 2.13. The average molecular weight is 418 g/mol. The van der Waals surface area contributed by atoms with E-state index in [1.54, 1.807) is 14.2 Å². The zero-order valence-corrected chi connectivity index (χ0v) is 16.5. The molecule has 136 valence electrons. The molecule has 7 heteroatoms. The molecule has 3 rings (SSSR count).